The van der Waals surface area contributed by atoms with Gasteiger partial charge < -0.3 is 5.21 Å². The third-order valence-corrected chi connectivity index (χ3v) is 4.95. The van der Waals surface area contributed by atoms with Gasteiger partial charge in [-0.05, 0) is 70.9 Å². The van der Waals surface area contributed by atoms with E-state index < -0.39 is 0 Å². The van der Waals surface area contributed by atoms with E-state index in [9.17, 15) is 5.21 Å². The normalized spacial score (nSPS) is 24.2. The van der Waals surface area contributed by atoms with Gasteiger partial charge in [0, 0.05) is 29.9 Å². The van der Waals surface area contributed by atoms with Gasteiger partial charge in [0.25, 0.3) is 0 Å². The molecular weight excluding hydrogens is 300 g/mol. The van der Waals surface area contributed by atoms with E-state index in [1.54, 1.807) is 6.20 Å². The molecular formula is C19H28N4O. The molecule has 1 aliphatic heterocycles. The zero-order chi connectivity index (χ0) is 17.8. The Hall–Kier alpha value is -1.77. The molecule has 0 saturated carbocycles. The highest BCUT2D eigenvalue weighted by Crippen LogP contribution is 2.39. The van der Waals surface area contributed by atoms with E-state index in [0.29, 0.717) is 12.3 Å². The minimum Gasteiger partial charge on any atom is -0.313 e. The van der Waals surface area contributed by atoms with Crippen molar-refractivity contribution in [3.8, 4) is 0 Å². The summed E-state index contributed by atoms with van der Waals surface area (Å²) in [6.07, 6.45) is 7.88. The molecule has 130 valence electrons. The molecule has 0 aliphatic carbocycles. The van der Waals surface area contributed by atoms with Crippen LogP contribution in [-0.2, 0) is 6.42 Å². The first-order valence-corrected chi connectivity index (χ1v) is 8.55. The van der Waals surface area contributed by atoms with Crippen molar-refractivity contribution in [1.29, 1.82) is 0 Å². The molecule has 2 rings (SSSR count). The van der Waals surface area contributed by atoms with Crippen LogP contribution in [-0.4, -0.2) is 32.0 Å². The topological polar surface area (TPSA) is 53.1 Å². The molecule has 1 aromatic heterocycles. The van der Waals surface area contributed by atoms with Crippen LogP contribution < -0.4 is 0 Å². The van der Waals surface area contributed by atoms with Crippen molar-refractivity contribution in [2.45, 2.75) is 70.9 Å². The summed E-state index contributed by atoms with van der Waals surface area (Å²) in [6, 6.07) is 3.92. The van der Waals surface area contributed by atoms with Crippen LogP contribution in [0.25, 0.3) is 4.95 Å². The Morgan fingerprint density at radius 1 is 1.42 bits per heavy atom. The third kappa shape index (κ3) is 4.62. The minimum absolute atomic E-state index is 0.237. The Labute approximate surface area is 145 Å². The van der Waals surface area contributed by atoms with Crippen molar-refractivity contribution >= 4 is 5.71 Å². The fraction of sp³-hybridized carbons (Fsp3) is 0.632. The molecule has 5 nitrogen and oxygen atoms in total. The molecule has 1 fully saturated rings. The average Bonchev–Trinajstić information content (AvgIpc) is 2.59. The predicted octanol–water partition coefficient (Wildman–Crippen LogP) is 4.34. The van der Waals surface area contributed by atoms with Crippen LogP contribution in [0.4, 0.5) is 0 Å². The van der Waals surface area contributed by atoms with Crippen molar-refractivity contribution in [2.75, 3.05) is 0 Å². The Balaban J connectivity index is 2.12. The summed E-state index contributed by atoms with van der Waals surface area (Å²) in [7, 11) is 0. The van der Waals surface area contributed by atoms with E-state index in [1.807, 2.05) is 18.3 Å². The number of aromatic nitrogens is 1. The highest BCUT2D eigenvalue weighted by Gasteiger charge is 2.42. The Kier molecular flexibility index (Phi) is 5.74. The quantitative estimate of drug-likeness (QED) is 0.508. The van der Waals surface area contributed by atoms with Crippen molar-refractivity contribution in [2.24, 2.45) is 11.0 Å². The number of hydrogen-bond acceptors (Lipinski definition) is 4. The molecule has 1 atom stereocenters. The highest BCUT2D eigenvalue weighted by atomic mass is 16.5. The number of rotatable bonds is 4. The average molecular weight is 328 g/mol. The van der Waals surface area contributed by atoms with Gasteiger partial charge in [0.15, 0.2) is 0 Å². The summed E-state index contributed by atoms with van der Waals surface area (Å²) >= 11 is 0. The maximum atomic E-state index is 10.6. The van der Waals surface area contributed by atoms with E-state index >= 15 is 0 Å². The van der Waals surface area contributed by atoms with Crippen LogP contribution in [0, 0.1) is 12.5 Å². The summed E-state index contributed by atoms with van der Waals surface area (Å²) < 4.78 is 0. The largest absolute Gasteiger partial charge is 0.313 e. The molecule has 0 spiro atoms. The second kappa shape index (κ2) is 7.42. The van der Waals surface area contributed by atoms with Crippen LogP contribution in [0.15, 0.2) is 29.6 Å². The first-order valence-electron chi connectivity index (χ1n) is 8.55. The van der Waals surface area contributed by atoms with Gasteiger partial charge in [0.2, 0.25) is 0 Å². The van der Waals surface area contributed by atoms with Crippen LogP contribution >= 0.6 is 0 Å². The summed E-state index contributed by atoms with van der Waals surface area (Å²) in [5.41, 5.74) is 1.46. The lowest BCUT2D eigenvalue weighted by Gasteiger charge is -2.42. The molecule has 0 radical (unpaired) electrons. The highest BCUT2D eigenvalue weighted by molar-refractivity contribution is 5.87. The molecule has 1 saturated heterocycles. The zero-order valence-electron chi connectivity index (χ0n) is 15.2. The van der Waals surface area contributed by atoms with Crippen LogP contribution in [0.5, 0.6) is 0 Å². The molecule has 1 unspecified atom stereocenters. The number of hydroxylamine groups is 2. The molecule has 0 bridgehead atoms. The fourth-order valence-corrected chi connectivity index (χ4v) is 3.84. The molecule has 1 aromatic rings. The first-order chi connectivity index (χ1) is 11.2. The van der Waals surface area contributed by atoms with Gasteiger partial charge in [0.1, 0.15) is 5.71 Å². The van der Waals surface area contributed by atoms with Gasteiger partial charge in [-0.1, -0.05) is 6.07 Å². The molecule has 1 N–H and O–H groups in total. The van der Waals surface area contributed by atoms with Gasteiger partial charge >= 0.3 is 0 Å². The van der Waals surface area contributed by atoms with Crippen molar-refractivity contribution < 1.29 is 5.21 Å². The van der Waals surface area contributed by atoms with E-state index in [1.165, 1.54) is 5.06 Å². The number of nitrogens with zero attached hydrogens (tertiary/aromatic N) is 4. The Morgan fingerprint density at radius 3 is 2.79 bits per heavy atom. The van der Waals surface area contributed by atoms with Gasteiger partial charge in [0.05, 0.1) is 5.10 Å². The second-order valence-corrected chi connectivity index (χ2v) is 8.05. The van der Waals surface area contributed by atoms with Crippen molar-refractivity contribution in [3.05, 3.63) is 41.6 Å². The Morgan fingerprint density at radius 2 is 2.17 bits per heavy atom. The minimum atomic E-state index is -0.289. The molecule has 2 heterocycles. The lowest BCUT2D eigenvalue weighted by atomic mass is 9.85. The van der Waals surface area contributed by atoms with Crippen LogP contribution in [0.2, 0.25) is 0 Å². The van der Waals surface area contributed by atoms with E-state index in [2.05, 4.69) is 42.7 Å². The lowest BCUT2D eigenvalue weighted by molar-refractivity contribution is -0.221. The molecule has 24 heavy (non-hydrogen) atoms. The Bertz CT molecular complexity index is 616. The monoisotopic (exact) mass is 328 g/mol. The first kappa shape index (κ1) is 18.6. The van der Waals surface area contributed by atoms with Crippen molar-refractivity contribution in [1.82, 2.24) is 10.0 Å². The van der Waals surface area contributed by atoms with Gasteiger partial charge in [-0.15, -0.1) is 4.95 Å². The standard InChI is InChI=1S/C19H28N4O/c1-18(2)9-8-15(13-19(3,4)23(18)24)11-17(22-20-5)12-16-7-6-10-21-14-16/h6-7,10,14-15,24H,8-9,11-13H2,1-4H3/b22-17-. The van der Waals surface area contributed by atoms with Crippen molar-refractivity contribution in [3.63, 3.8) is 0 Å². The maximum absolute atomic E-state index is 10.6. The third-order valence-electron chi connectivity index (χ3n) is 4.95. The van der Waals surface area contributed by atoms with Gasteiger partial charge in [-0.25, -0.2) is 0 Å². The molecule has 5 heteroatoms. The summed E-state index contributed by atoms with van der Waals surface area (Å²) in [4.78, 5) is 7.40. The predicted molar refractivity (Wildman–Crippen MR) is 95.7 cm³/mol. The summed E-state index contributed by atoms with van der Waals surface area (Å²) in [5, 5.41) is 16.2. The smallest absolute Gasteiger partial charge is 0.105 e. The summed E-state index contributed by atoms with van der Waals surface area (Å²) in [5.74, 6) is 0.411. The van der Waals surface area contributed by atoms with E-state index in [4.69, 9.17) is 6.57 Å². The lowest BCUT2D eigenvalue weighted by Crippen LogP contribution is -2.52. The van der Waals surface area contributed by atoms with Crippen LogP contribution in [0.1, 0.15) is 58.9 Å². The maximum Gasteiger partial charge on any atom is 0.105 e. The molecule has 0 amide bonds. The van der Waals surface area contributed by atoms with Gasteiger partial charge in [-0.3, -0.25) is 4.98 Å². The van der Waals surface area contributed by atoms with E-state index in [0.717, 1.165) is 37.0 Å². The second-order valence-electron chi connectivity index (χ2n) is 8.05. The summed E-state index contributed by atoms with van der Waals surface area (Å²) in [6.45, 7) is 15.4. The number of hydrogen-bond donors (Lipinski definition) is 1. The zero-order valence-corrected chi connectivity index (χ0v) is 15.2. The number of pyridine rings is 1. The van der Waals surface area contributed by atoms with Crippen LogP contribution in [0.3, 0.4) is 0 Å². The van der Waals surface area contributed by atoms with E-state index in [-0.39, 0.29) is 11.1 Å². The van der Waals surface area contributed by atoms with Gasteiger partial charge in [-0.2, -0.15) is 11.6 Å². The molecule has 1 aliphatic rings. The molecule has 0 aromatic carbocycles. The fourth-order valence-electron chi connectivity index (χ4n) is 3.84. The SMILES string of the molecule is [C-]#[N+]/N=C(\Cc1cccnc1)CC1CCC(C)(C)N(O)C(C)(C)C1.